The first kappa shape index (κ1) is 108. The molecule has 0 aliphatic rings. The molecule has 0 atom stereocenters. The average Bonchev–Trinajstić information content (AvgIpc) is 1.59. The van der Waals surface area contributed by atoms with Crippen LogP contribution in [0.2, 0.25) is 60.3 Å². The molecule has 14 aromatic rings. The van der Waals surface area contributed by atoms with E-state index >= 15 is 0 Å². The first-order chi connectivity index (χ1) is 64.5. The van der Waals surface area contributed by atoms with E-state index in [9.17, 15) is 61.0 Å². The van der Waals surface area contributed by atoms with Crippen LogP contribution in [0.15, 0.2) is 158 Å². The Balaban J connectivity index is 0.000000182. The number of carbonyl (C=O) groups excluding carboxylic acids is 6. The summed E-state index contributed by atoms with van der Waals surface area (Å²) < 4.78 is 93.3. The van der Waals surface area contributed by atoms with Crippen molar-refractivity contribution in [3.8, 4) is 45.0 Å². The maximum Gasteiger partial charge on any atom is 0.341 e. The molecule has 7 aromatic heterocycles. The number of benzene rings is 7. The fraction of sp³-hybridized carbons (Fsp3) is 0.260. The summed E-state index contributed by atoms with van der Waals surface area (Å²) in [6.45, 7) is 32.4. The van der Waals surface area contributed by atoms with Crippen LogP contribution in [0.3, 0.4) is 0 Å². The van der Waals surface area contributed by atoms with Gasteiger partial charge in [-0.15, -0.1) is 0 Å². The highest BCUT2D eigenvalue weighted by molar-refractivity contribution is 6.45. The van der Waals surface area contributed by atoms with Crippen LogP contribution in [-0.2, 0) is 45.5 Å². The van der Waals surface area contributed by atoms with Gasteiger partial charge in [0.1, 0.15) is 56.2 Å². The fourth-order valence-electron chi connectivity index (χ4n) is 14.6. The third-order valence-corrected chi connectivity index (χ3v) is 23.5. The number of carbonyl (C=O) groups is 8. The van der Waals surface area contributed by atoms with Gasteiger partial charge < -0.3 is 37.8 Å². The average molecular weight is 2140 g/mol. The first-order valence-electron chi connectivity index (χ1n) is 41.7. The van der Waals surface area contributed by atoms with E-state index in [0.29, 0.717) is 55.2 Å². The molecule has 2 N–H and O–H groups in total. The van der Waals surface area contributed by atoms with Crippen molar-refractivity contribution in [2.75, 3.05) is 0 Å². The molecule has 0 aliphatic carbocycles. The summed E-state index contributed by atoms with van der Waals surface area (Å²) >= 11 is 75.1. The van der Waals surface area contributed by atoms with Crippen LogP contribution in [0.4, 0.5) is 17.6 Å². The van der Waals surface area contributed by atoms with Gasteiger partial charge in [0.2, 0.25) is 0 Å². The van der Waals surface area contributed by atoms with E-state index in [4.69, 9.17) is 172 Å². The van der Waals surface area contributed by atoms with Crippen molar-refractivity contribution in [1.82, 2.24) is 34.3 Å². The quantitative estimate of drug-likeness (QED) is 0.0370. The van der Waals surface area contributed by atoms with Crippen molar-refractivity contribution in [3.63, 3.8) is 0 Å². The van der Waals surface area contributed by atoms with Crippen molar-refractivity contribution in [3.05, 3.63) is 279 Å². The van der Waals surface area contributed by atoms with Gasteiger partial charge in [-0.3, -0.25) is 32.9 Å². The number of halogens is 16. The highest BCUT2D eigenvalue weighted by Gasteiger charge is 2.41. The molecule has 0 saturated carbocycles. The molecule has 0 amide bonds. The van der Waals surface area contributed by atoms with Crippen LogP contribution in [0.5, 0.6) is 0 Å². The Morgan fingerprint density at radius 3 is 0.842 bits per heavy atom. The van der Waals surface area contributed by atoms with Crippen LogP contribution in [0.25, 0.3) is 96.0 Å². The molecule has 0 fully saturated rings. The van der Waals surface area contributed by atoms with Crippen molar-refractivity contribution in [1.29, 1.82) is 0 Å². The number of nitrogens with zero attached hydrogens (tertiary/aromatic N) is 7. The molecule has 728 valence electrons. The Labute approximate surface area is 853 Å². The molecule has 0 aliphatic heterocycles. The Bertz CT molecular complexity index is 7260. The number of hydrogen-bond acceptors (Lipinski definition) is 18. The van der Waals surface area contributed by atoms with E-state index in [-0.39, 0.29) is 157 Å². The van der Waals surface area contributed by atoms with Crippen molar-refractivity contribution in [2.45, 2.75) is 170 Å². The lowest BCUT2D eigenvalue weighted by Gasteiger charge is -2.18. The molecule has 0 saturated heterocycles. The summed E-state index contributed by atoms with van der Waals surface area (Å²) in [6, 6.07) is 26.1. The number of esters is 2. The number of fused-ring (bicyclic) bond motifs is 3. The van der Waals surface area contributed by atoms with Gasteiger partial charge >= 0.3 is 23.9 Å². The maximum atomic E-state index is 14.4. The zero-order valence-corrected chi connectivity index (χ0v) is 86.1. The van der Waals surface area contributed by atoms with E-state index in [0.717, 1.165) is 33.7 Å². The summed E-state index contributed by atoms with van der Waals surface area (Å²) in [7, 11) is 0. The fourth-order valence-corrected chi connectivity index (χ4v) is 18.6. The molecule has 23 nitrogen and oxygen atoms in total. The second kappa shape index (κ2) is 42.4. The summed E-state index contributed by atoms with van der Waals surface area (Å²) in [4.78, 5) is 102. The third kappa shape index (κ3) is 24.3. The van der Waals surface area contributed by atoms with Crippen LogP contribution in [-0.4, -0.2) is 104 Å². The molecule has 0 unspecified atom stereocenters. The van der Waals surface area contributed by atoms with Gasteiger partial charge in [-0.05, 0) is 143 Å². The Kier molecular flexibility index (Phi) is 33.1. The van der Waals surface area contributed by atoms with Gasteiger partial charge in [0.05, 0.1) is 56.7 Å². The monoisotopic (exact) mass is 2140 g/mol. The highest BCUT2D eigenvalue weighted by Crippen LogP contribution is 2.49. The smallest absolute Gasteiger partial charge is 0.341 e. The number of rotatable bonds is 17. The zero-order chi connectivity index (χ0) is 103. The van der Waals surface area contributed by atoms with Gasteiger partial charge in [0.15, 0.2) is 29.3 Å². The van der Waals surface area contributed by atoms with Crippen LogP contribution in [0.1, 0.15) is 240 Å². The summed E-state index contributed by atoms with van der Waals surface area (Å²) in [6.07, 6.45) is 5.76. The van der Waals surface area contributed by atoms with E-state index in [1.165, 1.54) is 102 Å². The van der Waals surface area contributed by atoms with Crippen molar-refractivity contribution >= 4 is 238 Å². The van der Waals surface area contributed by atoms with Crippen LogP contribution in [0, 0.1) is 0 Å². The van der Waals surface area contributed by atoms with Crippen LogP contribution < -0.4 is 0 Å². The lowest BCUT2D eigenvalue weighted by atomic mass is 9.88. The number of alkyl halides is 4. The molecule has 39 heteroatoms. The minimum absolute atomic E-state index is 0.0102. The van der Waals surface area contributed by atoms with Gasteiger partial charge in [-0.25, -0.2) is 36.7 Å². The second-order valence-electron chi connectivity index (χ2n) is 37.4. The lowest BCUT2D eigenvalue weighted by molar-refractivity contribution is -0.149. The first-order valence-corrected chi connectivity index (χ1v) is 46.2. The Hall–Kier alpha value is -11.0. The minimum atomic E-state index is -2.94. The molecule has 0 radical (unpaired) electrons. The molecular weight excluding hydrogens is 2060 g/mol. The summed E-state index contributed by atoms with van der Waals surface area (Å²) in [5, 5.41) is 38.0. The molecule has 139 heavy (non-hydrogen) atoms. The zero-order valence-electron chi connectivity index (χ0n) is 77.0. The number of aromatic nitrogens is 7. The van der Waals surface area contributed by atoms with Gasteiger partial charge in [-0.1, -0.05) is 279 Å². The van der Waals surface area contributed by atoms with Gasteiger partial charge in [0, 0.05) is 134 Å². The number of aldehydes is 1. The predicted molar refractivity (Wildman–Crippen MR) is 536 cm³/mol. The van der Waals surface area contributed by atoms with Crippen LogP contribution >= 0.6 is 139 Å². The number of aliphatic carboxylic acids is 1. The Morgan fingerprint density at radius 1 is 0.353 bits per heavy atom. The molecular formula is C100H85Cl12F4N7O16. The molecule has 0 spiro atoms. The SMILES string of the molecule is CC(C)(C)OC(=O)/C=C/c1cccc2c1c(C(F)F)cn2C(=O)c1c(-c2c(Cl)cc(Cl)cc2Cl)noc1C(C)(C)C.CC(C)(C)OC(=O)/C=C/c1cccc2c1c(C=O)cn2C(=O)c1c(-c2c(Cl)cc(Cl)cc2Cl)noc1C(C)(C)C.CC(C)(C)c1onc(-c2c(Cl)cc(Cl)cc2Cl)c1C(=O)O.CC(C)(C)c1onc(-c2c(Cl)cc(Cl)cc2Cl)c1C(=O)n1cc(C(F)F)c2c(/C=C/C(=O)O)cccc21. The topological polar surface area (TPSA) is 314 Å². The largest absolute Gasteiger partial charge is 0.478 e. The molecule has 14 rings (SSSR count). The summed E-state index contributed by atoms with van der Waals surface area (Å²) in [5.41, 5.74) is -1.26. The minimum Gasteiger partial charge on any atom is -0.478 e. The number of ether oxygens (including phenoxy) is 2. The van der Waals surface area contributed by atoms with E-state index < -0.39 is 98.4 Å². The molecule has 7 aromatic carbocycles. The number of carboxylic acid groups (broad SMARTS) is 2. The van der Waals surface area contributed by atoms with Crippen molar-refractivity contribution in [2.24, 2.45) is 0 Å². The third-order valence-electron chi connectivity index (χ3n) is 20.3. The molecule has 0 bridgehead atoms. The van der Waals surface area contributed by atoms with Gasteiger partial charge in [0.25, 0.3) is 30.6 Å². The number of hydrogen-bond donors (Lipinski definition) is 2. The van der Waals surface area contributed by atoms with E-state index in [1.807, 2.05) is 62.3 Å². The van der Waals surface area contributed by atoms with E-state index in [2.05, 4.69) is 20.6 Å². The highest BCUT2D eigenvalue weighted by atomic mass is 35.5. The van der Waals surface area contributed by atoms with Crippen molar-refractivity contribution < 1.29 is 93.7 Å². The second-order valence-corrected chi connectivity index (χ2v) is 42.4. The standard InChI is InChI=1S/C30H27Cl3F2N2O4.C30H27Cl3N2O5.C26H19Cl3F2N2O4.C14H12Cl3NO3/c1-29(2,3)26-24(25(36-41-26)23-18(32)12-16(31)13-19(23)33)28(39)37-14-17(27(34)35)22-15(8-7-9-20(22)37)10-11-21(38)40-30(4,5)6;1-29(2,3)27-25(26(34-40-27)24-19(32)12-18(31)13-20(24)33)28(38)35-14-17(15-36)23-16(8-7-9-21(23)35)10-11-22(37)39-30(4,5)6;1-26(2,3)23-21(22(32-37-23)20-15(28)9-13(27)10-16(20)29)25(36)33-11-14(24(30)31)19-12(7-8-18(34)35)5-4-6-17(19)33;1-14(2,3)12-10(13(19)20)11(18-21-12)9-7(16)4-6(15)5-8(9)17/h7-14,27H,1-6H3;7-15H,1-6H3;4-11,24H,1-3H3,(H,34,35);4-5H,1-3H3,(H,19,20)/b2*11-10+;8-7+;. The number of aromatic carboxylic acids is 1. The molecule has 7 heterocycles. The summed E-state index contributed by atoms with van der Waals surface area (Å²) in [5.74, 6) is -4.50. The van der Waals surface area contributed by atoms with E-state index in [1.54, 1.807) is 98.7 Å². The van der Waals surface area contributed by atoms with Gasteiger partial charge in [-0.2, -0.15) is 0 Å². The predicted octanol–water partition coefficient (Wildman–Crippen LogP) is 31.5. The Morgan fingerprint density at radius 2 is 0.597 bits per heavy atom. The maximum absolute atomic E-state index is 14.4. The lowest BCUT2D eigenvalue weighted by Crippen LogP contribution is -2.22. The normalized spacial score (nSPS) is 12.3. The number of carboxylic acids is 2.